The average Bonchev–Trinajstić information content (AvgIpc) is 2.66. The first-order chi connectivity index (χ1) is 14.0. The number of nitrogens with two attached hydrogens (primary N) is 1. The molecule has 0 aromatic heterocycles. The molecule has 5 aliphatic rings. The second kappa shape index (κ2) is 6.81. The van der Waals surface area contributed by atoms with E-state index in [0.717, 1.165) is 58.4 Å². The van der Waals surface area contributed by atoms with Gasteiger partial charge in [-0.2, -0.15) is 0 Å². The molecule has 5 nitrogen and oxygen atoms in total. The summed E-state index contributed by atoms with van der Waals surface area (Å²) in [6.45, 7) is 3.85. The van der Waals surface area contributed by atoms with Gasteiger partial charge in [-0.25, -0.2) is 4.39 Å². The molecule has 0 radical (unpaired) electrons. The molecule has 5 fully saturated rings. The SMILES string of the molecule is NC/C(=C\F)COc1ccc(C23CC(C(=O)N4CC5(CCOCC5)C4)(C2)C3)cc1. The van der Waals surface area contributed by atoms with E-state index in [4.69, 9.17) is 15.2 Å². The lowest BCUT2D eigenvalue weighted by molar-refractivity contribution is -0.201. The summed E-state index contributed by atoms with van der Waals surface area (Å²) in [5.74, 6) is 1.09. The first-order valence-electron chi connectivity index (χ1n) is 10.6. The molecule has 2 heterocycles. The molecule has 1 aromatic rings. The van der Waals surface area contributed by atoms with Crippen LogP contribution < -0.4 is 10.5 Å². The number of carbonyl (C=O) groups is 1. The smallest absolute Gasteiger partial charge is 0.228 e. The van der Waals surface area contributed by atoms with Crippen LogP contribution in [0.4, 0.5) is 4.39 Å². The van der Waals surface area contributed by atoms with Crippen molar-refractivity contribution in [1.82, 2.24) is 4.90 Å². The highest BCUT2D eigenvalue weighted by Crippen LogP contribution is 2.74. The van der Waals surface area contributed by atoms with Crippen LogP contribution in [-0.4, -0.2) is 50.3 Å². The largest absolute Gasteiger partial charge is 0.489 e. The van der Waals surface area contributed by atoms with Gasteiger partial charge in [-0.15, -0.1) is 0 Å². The number of nitrogens with zero attached hydrogens (tertiary/aromatic N) is 1. The Balaban J connectivity index is 1.14. The Bertz CT molecular complexity index is 801. The van der Waals surface area contributed by atoms with Gasteiger partial charge in [0, 0.05) is 43.8 Å². The molecular formula is C23H29FN2O3. The predicted octanol–water partition coefficient (Wildman–Crippen LogP) is 2.94. The molecular weight excluding hydrogens is 371 g/mol. The van der Waals surface area contributed by atoms with Crippen LogP contribution >= 0.6 is 0 Å². The second-order valence-corrected chi connectivity index (χ2v) is 9.65. The van der Waals surface area contributed by atoms with Gasteiger partial charge in [0.2, 0.25) is 5.91 Å². The molecule has 0 atom stereocenters. The van der Waals surface area contributed by atoms with Crippen molar-refractivity contribution in [3.05, 3.63) is 41.7 Å². The van der Waals surface area contributed by atoms with Gasteiger partial charge in [0.25, 0.3) is 0 Å². The third-order valence-electron chi connectivity index (χ3n) is 7.68. The van der Waals surface area contributed by atoms with Crippen LogP contribution in [0.5, 0.6) is 5.75 Å². The van der Waals surface area contributed by atoms with Crippen LogP contribution in [-0.2, 0) is 14.9 Å². The third kappa shape index (κ3) is 2.99. The first-order valence-corrected chi connectivity index (χ1v) is 10.6. The summed E-state index contributed by atoms with van der Waals surface area (Å²) in [5, 5.41) is 0. The zero-order valence-corrected chi connectivity index (χ0v) is 16.8. The third-order valence-corrected chi connectivity index (χ3v) is 7.68. The number of carbonyl (C=O) groups excluding carboxylic acids is 1. The summed E-state index contributed by atoms with van der Waals surface area (Å²) in [7, 11) is 0. The molecule has 29 heavy (non-hydrogen) atoms. The molecule has 156 valence electrons. The maximum Gasteiger partial charge on any atom is 0.228 e. The summed E-state index contributed by atoms with van der Waals surface area (Å²) in [5.41, 5.74) is 7.56. The highest BCUT2D eigenvalue weighted by Gasteiger charge is 2.73. The van der Waals surface area contributed by atoms with Crippen molar-refractivity contribution in [3.8, 4) is 5.75 Å². The summed E-state index contributed by atoms with van der Waals surface area (Å²) in [6.07, 6.45) is 5.59. The van der Waals surface area contributed by atoms with Crippen molar-refractivity contribution >= 4 is 5.91 Å². The van der Waals surface area contributed by atoms with Crippen molar-refractivity contribution < 1.29 is 18.7 Å². The van der Waals surface area contributed by atoms with E-state index in [9.17, 15) is 9.18 Å². The molecule has 3 saturated carbocycles. The predicted molar refractivity (Wildman–Crippen MR) is 107 cm³/mol. The van der Waals surface area contributed by atoms with Gasteiger partial charge in [0.1, 0.15) is 12.4 Å². The molecule has 6 rings (SSSR count). The standard InChI is InChI=1S/C23H29FN2O3/c24-9-17(10-25)11-29-19-3-1-18(2-4-19)22-12-23(13-22,14-22)20(27)26-15-21(16-26)5-7-28-8-6-21/h1-4,9H,5-8,10-16,25H2/b17-9+. The minimum absolute atomic E-state index is 0.107. The maximum atomic E-state index is 13.1. The number of benzene rings is 1. The fraction of sp³-hybridized carbons (Fsp3) is 0.609. The Morgan fingerprint density at radius 3 is 2.41 bits per heavy atom. The van der Waals surface area contributed by atoms with Gasteiger partial charge in [-0.1, -0.05) is 12.1 Å². The Morgan fingerprint density at radius 1 is 1.17 bits per heavy atom. The molecule has 1 aromatic carbocycles. The lowest BCUT2D eigenvalue weighted by Gasteiger charge is -2.71. The minimum Gasteiger partial charge on any atom is -0.489 e. The molecule has 1 spiro atoms. The normalized spacial score (nSPS) is 32.2. The highest BCUT2D eigenvalue weighted by atomic mass is 19.1. The summed E-state index contributed by atoms with van der Waals surface area (Å²) in [6, 6.07) is 8.04. The van der Waals surface area contributed by atoms with Crippen LogP contribution in [0.15, 0.2) is 36.2 Å². The monoisotopic (exact) mass is 400 g/mol. The fourth-order valence-electron chi connectivity index (χ4n) is 5.90. The highest BCUT2D eigenvalue weighted by molar-refractivity contribution is 5.88. The van der Waals surface area contributed by atoms with Crippen LogP contribution in [0.1, 0.15) is 37.7 Å². The van der Waals surface area contributed by atoms with Gasteiger partial charge in [0.15, 0.2) is 0 Å². The second-order valence-electron chi connectivity index (χ2n) is 9.65. The first kappa shape index (κ1) is 19.1. The van der Waals surface area contributed by atoms with Gasteiger partial charge in [-0.3, -0.25) is 4.79 Å². The Morgan fingerprint density at radius 2 is 1.83 bits per heavy atom. The van der Waals surface area contributed by atoms with E-state index in [1.165, 1.54) is 5.56 Å². The van der Waals surface area contributed by atoms with E-state index < -0.39 is 0 Å². The summed E-state index contributed by atoms with van der Waals surface area (Å²) >= 11 is 0. The van der Waals surface area contributed by atoms with E-state index in [2.05, 4.69) is 17.0 Å². The maximum absolute atomic E-state index is 13.1. The molecule has 2 saturated heterocycles. The van der Waals surface area contributed by atoms with Gasteiger partial charge < -0.3 is 20.1 Å². The van der Waals surface area contributed by atoms with E-state index in [-0.39, 0.29) is 24.0 Å². The molecule has 0 unspecified atom stereocenters. The lowest BCUT2D eigenvalue weighted by Crippen LogP contribution is -2.73. The Kier molecular flexibility index (Phi) is 4.48. The number of amides is 1. The average molecular weight is 400 g/mol. The van der Waals surface area contributed by atoms with Crippen molar-refractivity contribution in [2.45, 2.75) is 37.5 Å². The number of ether oxygens (including phenoxy) is 2. The van der Waals surface area contributed by atoms with E-state index in [0.29, 0.717) is 29.0 Å². The van der Waals surface area contributed by atoms with Crippen molar-refractivity contribution in [2.24, 2.45) is 16.6 Å². The molecule has 3 aliphatic carbocycles. The summed E-state index contributed by atoms with van der Waals surface area (Å²) in [4.78, 5) is 15.2. The molecule has 2 bridgehead atoms. The number of halogens is 1. The van der Waals surface area contributed by atoms with Crippen LogP contribution in [0.25, 0.3) is 0 Å². The van der Waals surface area contributed by atoms with E-state index >= 15 is 0 Å². The molecule has 6 heteroatoms. The topological polar surface area (TPSA) is 64.8 Å². The Hall–Kier alpha value is -1.92. The van der Waals surface area contributed by atoms with Gasteiger partial charge in [0.05, 0.1) is 11.7 Å². The van der Waals surface area contributed by atoms with E-state index in [1.54, 1.807) is 0 Å². The van der Waals surface area contributed by atoms with Crippen LogP contribution in [0.3, 0.4) is 0 Å². The quantitative estimate of drug-likeness (QED) is 0.797. The van der Waals surface area contributed by atoms with E-state index in [1.807, 2.05) is 12.1 Å². The lowest BCUT2D eigenvalue weighted by atomic mass is 9.33. The number of rotatable bonds is 6. The fourth-order valence-corrected chi connectivity index (χ4v) is 5.90. The summed E-state index contributed by atoms with van der Waals surface area (Å²) < 4.78 is 23.6. The zero-order valence-electron chi connectivity index (χ0n) is 16.8. The van der Waals surface area contributed by atoms with Gasteiger partial charge in [-0.05, 0) is 55.2 Å². The molecule has 1 amide bonds. The van der Waals surface area contributed by atoms with Crippen molar-refractivity contribution in [1.29, 1.82) is 0 Å². The van der Waals surface area contributed by atoms with Gasteiger partial charge >= 0.3 is 0 Å². The van der Waals surface area contributed by atoms with Crippen molar-refractivity contribution in [3.63, 3.8) is 0 Å². The zero-order chi connectivity index (χ0) is 20.1. The van der Waals surface area contributed by atoms with Crippen LogP contribution in [0.2, 0.25) is 0 Å². The number of likely N-dealkylation sites (tertiary alicyclic amines) is 1. The van der Waals surface area contributed by atoms with Crippen LogP contribution in [0, 0.1) is 10.8 Å². The number of hydrogen-bond donors (Lipinski definition) is 1. The molecule has 2 aliphatic heterocycles. The minimum atomic E-state index is -0.107. The number of hydrogen-bond acceptors (Lipinski definition) is 4. The molecule has 2 N–H and O–H groups in total. The van der Waals surface area contributed by atoms with Crippen molar-refractivity contribution in [2.75, 3.05) is 39.5 Å². The Labute approximate surface area is 171 Å².